The van der Waals surface area contributed by atoms with Gasteiger partial charge in [0.2, 0.25) is 0 Å². The molecule has 0 aromatic rings. The van der Waals surface area contributed by atoms with E-state index in [-0.39, 0.29) is 0 Å². The highest BCUT2D eigenvalue weighted by Crippen LogP contribution is 2.26. The summed E-state index contributed by atoms with van der Waals surface area (Å²) in [5.74, 6) is 0.690. The molecule has 0 rings (SSSR count). The van der Waals surface area contributed by atoms with E-state index in [1.165, 1.54) is 6.26 Å². The normalized spacial score (nSPS) is 14.0. The summed E-state index contributed by atoms with van der Waals surface area (Å²) < 4.78 is 20.5. The van der Waals surface area contributed by atoms with Crippen LogP contribution in [-0.2, 0) is 0 Å². The summed E-state index contributed by atoms with van der Waals surface area (Å²) >= 11 is 0. The Labute approximate surface area is 70.7 Å². The molecule has 0 spiro atoms. The van der Waals surface area contributed by atoms with Gasteiger partial charge in [0.1, 0.15) is 0 Å². The van der Waals surface area contributed by atoms with Crippen molar-refractivity contribution in [1.82, 2.24) is 4.72 Å². The van der Waals surface area contributed by atoms with Crippen LogP contribution in [-0.4, -0.2) is 21.9 Å². The monoisotopic (exact) mass is 181 g/mol. The molecule has 0 saturated carbocycles. The van der Waals surface area contributed by atoms with Gasteiger partial charge in [-0.2, -0.15) is 0 Å². The standard InChI is InChI=1S/C7H19NO2S/c1-7(2)5-4-6-8-11(3,9)10/h7-10H,4-6H2,1-3H3. The number of hydrogen-bond acceptors (Lipinski definition) is 3. The molecule has 0 unspecified atom stereocenters. The van der Waals surface area contributed by atoms with Gasteiger partial charge in [-0.1, -0.05) is 13.8 Å². The van der Waals surface area contributed by atoms with Gasteiger partial charge in [0.25, 0.3) is 0 Å². The SMILES string of the molecule is CC(C)CCCNS(C)(O)O. The largest absolute Gasteiger partial charge is 0.286 e. The first kappa shape index (κ1) is 11.2. The first-order valence-corrected chi connectivity index (χ1v) is 5.85. The third-order valence-corrected chi connectivity index (χ3v) is 2.08. The molecule has 3 N–H and O–H groups in total. The topological polar surface area (TPSA) is 52.5 Å². The zero-order valence-corrected chi connectivity index (χ0v) is 8.32. The lowest BCUT2D eigenvalue weighted by Gasteiger charge is -2.27. The number of nitrogens with one attached hydrogen (secondary N) is 1. The van der Waals surface area contributed by atoms with Gasteiger partial charge < -0.3 is 0 Å². The zero-order chi connectivity index (χ0) is 8.91. The molecule has 0 aliphatic carbocycles. The van der Waals surface area contributed by atoms with E-state index >= 15 is 0 Å². The molecule has 0 aromatic heterocycles. The second-order valence-electron chi connectivity index (χ2n) is 3.26. The Bertz CT molecular complexity index is 101. The van der Waals surface area contributed by atoms with Gasteiger partial charge in [-0.15, -0.1) is 10.8 Å². The minimum atomic E-state index is -2.47. The van der Waals surface area contributed by atoms with Crippen LogP contribution in [0.1, 0.15) is 26.7 Å². The molecule has 3 nitrogen and oxygen atoms in total. The molecule has 0 aromatic carbocycles. The van der Waals surface area contributed by atoms with Crippen molar-refractivity contribution in [3.8, 4) is 0 Å². The van der Waals surface area contributed by atoms with Crippen molar-refractivity contribution in [2.24, 2.45) is 5.92 Å². The summed E-state index contributed by atoms with van der Waals surface area (Å²) in [6, 6.07) is 0. The van der Waals surface area contributed by atoms with E-state index in [0.29, 0.717) is 12.5 Å². The highest BCUT2D eigenvalue weighted by atomic mass is 32.3. The van der Waals surface area contributed by atoms with Crippen molar-refractivity contribution in [2.45, 2.75) is 26.7 Å². The molecule has 11 heavy (non-hydrogen) atoms. The molecule has 70 valence electrons. The molecular weight excluding hydrogens is 162 g/mol. The summed E-state index contributed by atoms with van der Waals surface area (Å²) in [5.41, 5.74) is 0. The molecule has 0 amide bonds. The Balaban J connectivity index is 3.15. The Kier molecular flexibility index (Phi) is 5.08. The molecule has 0 bridgehead atoms. The van der Waals surface area contributed by atoms with Crippen molar-refractivity contribution in [3.63, 3.8) is 0 Å². The maximum atomic E-state index is 8.91. The van der Waals surface area contributed by atoms with Gasteiger partial charge in [-0.25, -0.2) is 4.72 Å². The lowest BCUT2D eigenvalue weighted by molar-refractivity contribution is 0.470. The quantitative estimate of drug-likeness (QED) is 0.570. The Morgan fingerprint density at radius 2 is 1.91 bits per heavy atom. The van der Waals surface area contributed by atoms with Crippen LogP contribution in [0.4, 0.5) is 0 Å². The van der Waals surface area contributed by atoms with Gasteiger partial charge in [0.15, 0.2) is 0 Å². The molecule has 0 aliphatic heterocycles. The highest BCUT2D eigenvalue weighted by molar-refractivity contribution is 8.22. The maximum Gasteiger partial charge on any atom is 0.0416 e. The van der Waals surface area contributed by atoms with Gasteiger partial charge in [0, 0.05) is 12.8 Å². The Morgan fingerprint density at radius 1 is 1.36 bits per heavy atom. The first-order valence-electron chi connectivity index (χ1n) is 3.89. The minimum Gasteiger partial charge on any atom is -0.286 e. The number of rotatable bonds is 5. The lowest BCUT2D eigenvalue weighted by atomic mass is 10.1. The fraction of sp³-hybridized carbons (Fsp3) is 1.00. The van der Waals surface area contributed by atoms with Crippen molar-refractivity contribution >= 4 is 10.8 Å². The highest BCUT2D eigenvalue weighted by Gasteiger charge is 2.01. The van der Waals surface area contributed by atoms with Crippen LogP contribution in [0.15, 0.2) is 0 Å². The van der Waals surface area contributed by atoms with Crippen LogP contribution in [0.2, 0.25) is 0 Å². The average molecular weight is 181 g/mol. The van der Waals surface area contributed by atoms with Crippen LogP contribution < -0.4 is 4.72 Å². The first-order chi connectivity index (χ1) is 4.92. The fourth-order valence-corrected chi connectivity index (χ4v) is 1.31. The van der Waals surface area contributed by atoms with Crippen molar-refractivity contribution in [2.75, 3.05) is 12.8 Å². The van der Waals surface area contributed by atoms with Crippen LogP contribution in [0.3, 0.4) is 0 Å². The average Bonchev–Trinajstić information content (AvgIpc) is 1.78. The van der Waals surface area contributed by atoms with E-state index in [0.717, 1.165) is 12.8 Å². The van der Waals surface area contributed by atoms with E-state index in [1.807, 2.05) is 0 Å². The number of hydrogen-bond donors (Lipinski definition) is 3. The smallest absolute Gasteiger partial charge is 0.0416 e. The molecule has 0 aliphatic rings. The summed E-state index contributed by atoms with van der Waals surface area (Å²) in [4.78, 5) is 0. The molecular formula is C7H19NO2S. The summed E-state index contributed by atoms with van der Waals surface area (Å²) in [5, 5.41) is 0. The third kappa shape index (κ3) is 10.2. The summed E-state index contributed by atoms with van der Waals surface area (Å²) in [6.07, 6.45) is 3.53. The summed E-state index contributed by atoms with van der Waals surface area (Å²) in [7, 11) is -2.47. The fourth-order valence-electron chi connectivity index (χ4n) is 0.776. The zero-order valence-electron chi connectivity index (χ0n) is 7.50. The summed E-state index contributed by atoms with van der Waals surface area (Å²) in [6.45, 7) is 5.00. The van der Waals surface area contributed by atoms with Crippen molar-refractivity contribution < 1.29 is 9.11 Å². The molecule has 0 saturated heterocycles. The molecule has 0 atom stereocenters. The lowest BCUT2D eigenvalue weighted by Crippen LogP contribution is -2.19. The molecule has 4 heteroatoms. The van der Waals surface area contributed by atoms with Gasteiger partial charge in [-0.3, -0.25) is 9.11 Å². The molecule has 0 heterocycles. The Hall–Kier alpha value is 0.230. The minimum absolute atomic E-state index is 0.690. The molecule has 0 fully saturated rings. The van der Waals surface area contributed by atoms with E-state index < -0.39 is 10.8 Å². The molecule has 0 radical (unpaired) electrons. The predicted molar refractivity (Wildman–Crippen MR) is 50.8 cm³/mol. The van der Waals surface area contributed by atoms with Crippen LogP contribution in [0.5, 0.6) is 0 Å². The van der Waals surface area contributed by atoms with Gasteiger partial charge >= 0.3 is 0 Å². The van der Waals surface area contributed by atoms with E-state index in [1.54, 1.807) is 0 Å². The van der Waals surface area contributed by atoms with E-state index in [9.17, 15) is 0 Å². The second-order valence-corrected chi connectivity index (χ2v) is 5.22. The van der Waals surface area contributed by atoms with Crippen molar-refractivity contribution in [3.05, 3.63) is 0 Å². The van der Waals surface area contributed by atoms with Gasteiger partial charge in [0.05, 0.1) is 0 Å². The maximum absolute atomic E-state index is 8.91. The second kappa shape index (κ2) is 4.98. The van der Waals surface area contributed by atoms with Crippen LogP contribution in [0, 0.1) is 5.92 Å². The third-order valence-electron chi connectivity index (χ3n) is 1.33. The van der Waals surface area contributed by atoms with Crippen LogP contribution >= 0.6 is 10.8 Å². The van der Waals surface area contributed by atoms with E-state index in [4.69, 9.17) is 9.11 Å². The van der Waals surface area contributed by atoms with Crippen molar-refractivity contribution in [1.29, 1.82) is 0 Å². The van der Waals surface area contributed by atoms with E-state index in [2.05, 4.69) is 18.6 Å². The van der Waals surface area contributed by atoms with Gasteiger partial charge in [-0.05, 0) is 18.8 Å². The van der Waals surface area contributed by atoms with Crippen LogP contribution in [0.25, 0.3) is 0 Å². The Morgan fingerprint density at radius 3 is 2.27 bits per heavy atom. The predicted octanol–water partition coefficient (Wildman–Crippen LogP) is 2.31.